The quantitative estimate of drug-likeness (QED) is 0.751. The Morgan fingerprint density at radius 2 is 1.95 bits per heavy atom. The van der Waals surface area contributed by atoms with Crippen molar-refractivity contribution in [2.24, 2.45) is 5.41 Å². The van der Waals surface area contributed by atoms with E-state index < -0.39 is 10.2 Å². The predicted octanol–water partition coefficient (Wildman–Crippen LogP) is 2.45. The minimum Gasteiger partial charge on any atom is -0.195 e. The summed E-state index contributed by atoms with van der Waals surface area (Å²) in [6.45, 7) is 6.18. The third kappa shape index (κ3) is 3.43. The van der Waals surface area contributed by atoms with Crippen molar-refractivity contribution in [3.8, 4) is 0 Å². The molecule has 0 aliphatic carbocycles. The van der Waals surface area contributed by atoms with E-state index in [9.17, 15) is 8.42 Å². The second-order valence-electron chi connectivity index (χ2n) is 6.52. The first kappa shape index (κ1) is 15.5. The summed E-state index contributed by atoms with van der Waals surface area (Å²) in [7, 11) is -3.34. The summed E-state index contributed by atoms with van der Waals surface area (Å²) in [5.74, 6) is 0.399. The number of hydrogen-bond acceptors (Lipinski definition) is 2. The van der Waals surface area contributed by atoms with Crippen molar-refractivity contribution in [1.82, 2.24) is 8.61 Å². The Labute approximate surface area is 122 Å². The maximum absolute atomic E-state index is 12.8. The lowest BCUT2D eigenvalue weighted by molar-refractivity contribution is 0.167. The largest absolute Gasteiger partial charge is 0.282 e. The first-order valence-electron chi connectivity index (χ1n) is 7.20. The fourth-order valence-corrected chi connectivity index (χ4v) is 5.64. The fraction of sp³-hybridized carbons (Fsp3) is 1.00. The molecule has 2 heterocycles. The van der Waals surface area contributed by atoms with Gasteiger partial charge in [0.2, 0.25) is 0 Å². The van der Waals surface area contributed by atoms with Crippen molar-refractivity contribution in [3.05, 3.63) is 0 Å². The van der Waals surface area contributed by atoms with Gasteiger partial charge in [0.25, 0.3) is 10.2 Å². The molecule has 2 rings (SSSR count). The highest BCUT2D eigenvalue weighted by molar-refractivity contribution is 7.86. The third-order valence-electron chi connectivity index (χ3n) is 4.24. The molecule has 4 nitrogen and oxygen atoms in total. The molecule has 0 bridgehead atoms. The molecule has 0 radical (unpaired) electrons. The van der Waals surface area contributed by atoms with Crippen LogP contribution >= 0.6 is 11.6 Å². The van der Waals surface area contributed by atoms with Crippen molar-refractivity contribution in [2.45, 2.75) is 52.0 Å². The molecular formula is C13H25ClN2O2S. The lowest BCUT2D eigenvalue weighted by atomic mass is 9.85. The van der Waals surface area contributed by atoms with E-state index in [2.05, 4.69) is 13.8 Å². The van der Waals surface area contributed by atoms with Gasteiger partial charge in [-0.15, -0.1) is 11.6 Å². The first-order chi connectivity index (χ1) is 8.87. The van der Waals surface area contributed by atoms with Gasteiger partial charge in [0, 0.05) is 31.6 Å². The lowest BCUT2D eigenvalue weighted by Gasteiger charge is -2.42. The summed E-state index contributed by atoms with van der Waals surface area (Å²) in [5.41, 5.74) is 0.0809. The van der Waals surface area contributed by atoms with Crippen LogP contribution in [0, 0.1) is 5.41 Å². The summed E-state index contributed by atoms with van der Waals surface area (Å²) in [5, 5.41) is 0. The smallest absolute Gasteiger partial charge is 0.195 e. The summed E-state index contributed by atoms with van der Waals surface area (Å²) in [6, 6.07) is -0.0227. The van der Waals surface area contributed by atoms with Crippen LogP contribution in [-0.2, 0) is 10.2 Å². The first-order valence-corrected chi connectivity index (χ1v) is 9.13. The molecule has 0 aromatic heterocycles. The van der Waals surface area contributed by atoms with Crippen LogP contribution in [0.25, 0.3) is 0 Å². The zero-order chi connectivity index (χ0) is 14.1. The number of rotatable bonds is 3. The van der Waals surface area contributed by atoms with Gasteiger partial charge < -0.3 is 0 Å². The summed E-state index contributed by atoms with van der Waals surface area (Å²) in [6.07, 6.45) is 4.96. The molecule has 2 aliphatic rings. The van der Waals surface area contributed by atoms with E-state index in [0.717, 1.165) is 32.1 Å². The Bertz CT molecular complexity index is 411. The monoisotopic (exact) mass is 308 g/mol. The van der Waals surface area contributed by atoms with Gasteiger partial charge in [-0.1, -0.05) is 20.3 Å². The maximum atomic E-state index is 12.8. The normalized spacial score (nSPS) is 30.4. The van der Waals surface area contributed by atoms with Gasteiger partial charge in [-0.25, -0.2) is 0 Å². The topological polar surface area (TPSA) is 40.6 Å². The number of hydrogen-bond donors (Lipinski definition) is 0. The van der Waals surface area contributed by atoms with Gasteiger partial charge in [-0.2, -0.15) is 17.0 Å². The fourth-order valence-electron chi connectivity index (χ4n) is 3.15. The third-order valence-corrected chi connectivity index (χ3v) is 6.63. The van der Waals surface area contributed by atoms with Gasteiger partial charge in [-0.05, 0) is 31.1 Å². The van der Waals surface area contributed by atoms with Crippen LogP contribution in [-0.4, -0.2) is 48.6 Å². The maximum Gasteiger partial charge on any atom is 0.282 e. The van der Waals surface area contributed by atoms with Crippen LogP contribution in [0.5, 0.6) is 0 Å². The number of alkyl halides is 1. The van der Waals surface area contributed by atoms with Crippen molar-refractivity contribution in [3.63, 3.8) is 0 Å². The van der Waals surface area contributed by atoms with Crippen molar-refractivity contribution < 1.29 is 8.42 Å². The zero-order valence-corrected chi connectivity index (χ0v) is 13.5. The molecule has 0 aromatic rings. The molecule has 0 saturated carbocycles. The van der Waals surface area contributed by atoms with Crippen LogP contribution < -0.4 is 0 Å². The molecule has 1 atom stereocenters. The van der Waals surface area contributed by atoms with E-state index in [1.54, 1.807) is 8.61 Å². The van der Waals surface area contributed by atoms with Crippen LogP contribution in [0.15, 0.2) is 0 Å². The predicted molar refractivity (Wildman–Crippen MR) is 78.6 cm³/mol. The summed E-state index contributed by atoms with van der Waals surface area (Å²) >= 11 is 5.95. The Morgan fingerprint density at radius 3 is 2.58 bits per heavy atom. The molecule has 0 amide bonds. The molecule has 0 N–H and O–H groups in total. The Kier molecular flexibility index (Phi) is 4.81. The minimum atomic E-state index is -3.34. The average molecular weight is 309 g/mol. The molecular weight excluding hydrogens is 284 g/mol. The van der Waals surface area contributed by atoms with Crippen molar-refractivity contribution in [2.75, 3.05) is 25.5 Å². The highest BCUT2D eigenvalue weighted by Crippen LogP contribution is 2.32. The second kappa shape index (κ2) is 5.88. The summed E-state index contributed by atoms with van der Waals surface area (Å²) < 4.78 is 28.9. The number of halogens is 1. The van der Waals surface area contributed by atoms with Crippen molar-refractivity contribution in [1.29, 1.82) is 0 Å². The molecule has 19 heavy (non-hydrogen) atoms. The number of piperidine rings is 2. The molecule has 2 fully saturated rings. The Hall–Kier alpha value is 0.160. The molecule has 2 aliphatic heterocycles. The number of nitrogens with zero attached hydrogens (tertiary/aromatic N) is 2. The molecule has 0 aromatic carbocycles. The molecule has 112 valence electrons. The highest BCUT2D eigenvalue weighted by atomic mass is 35.5. The van der Waals surface area contributed by atoms with E-state index in [4.69, 9.17) is 11.6 Å². The molecule has 2 saturated heterocycles. The van der Waals surface area contributed by atoms with E-state index in [1.807, 2.05) is 0 Å². The van der Waals surface area contributed by atoms with Crippen molar-refractivity contribution >= 4 is 21.8 Å². The SMILES string of the molecule is CC1(C)CCCN(S(=O)(=O)N2CCCCC2CCl)C1. The summed E-state index contributed by atoms with van der Waals surface area (Å²) in [4.78, 5) is 0. The highest BCUT2D eigenvalue weighted by Gasteiger charge is 2.39. The van der Waals surface area contributed by atoms with Gasteiger partial charge in [-0.3, -0.25) is 0 Å². The van der Waals surface area contributed by atoms with E-state index in [0.29, 0.717) is 25.5 Å². The minimum absolute atomic E-state index is 0.0227. The van der Waals surface area contributed by atoms with Crippen LogP contribution in [0.4, 0.5) is 0 Å². The lowest BCUT2D eigenvalue weighted by Crippen LogP contribution is -2.54. The second-order valence-corrected chi connectivity index (χ2v) is 8.71. The van der Waals surface area contributed by atoms with Crippen LogP contribution in [0.3, 0.4) is 0 Å². The Balaban J connectivity index is 2.16. The van der Waals surface area contributed by atoms with Crippen LogP contribution in [0.2, 0.25) is 0 Å². The van der Waals surface area contributed by atoms with Gasteiger partial charge >= 0.3 is 0 Å². The van der Waals surface area contributed by atoms with Gasteiger partial charge in [0.05, 0.1) is 0 Å². The van der Waals surface area contributed by atoms with E-state index in [1.165, 1.54) is 0 Å². The van der Waals surface area contributed by atoms with E-state index in [-0.39, 0.29) is 11.5 Å². The van der Waals surface area contributed by atoms with Crippen LogP contribution in [0.1, 0.15) is 46.0 Å². The standard InChI is InChI=1S/C13H25ClN2O2S/c1-13(2)7-5-8-15(11-13)19(17,18)16-9-4-3-6-12(16)10-14/h12H,3-11H2,1-2H3. The molecule has 1 unspecified atom stereocenters. The molecule has 0 spiro atoms. The average Bonchev–Trinajstić information content (AvgIpc) is 2.37. The van der Waals surface area contributed by atoms with Gasteiger partial charge in [0.15, 0.2) is 0 Å². The molecule has 6 heteroatoms. The Morgan fingerprint density at radius 1 is 1.21 bits per heavy atom. The van der Waals surface area contributed by atoms with E-state index >= 15 is 0 Å². The zero-order valence-electron chi connectivity index (χ0n) is 11.9. The van der Waals surface area contributed by atoms with Gasteiger partial charge in [0.1, 0.15) is 0 Å².